The van der Waals surface area contributed by atoms with Gasteiger partial charge in [-0.05, 0) is 12.1 Å². The Balaban J connectivity index is 3.27. The molecule has 0 unspecified atom stereocenters. The molecule has 0 saturated heterocycles. The molecule has 0 spiro atoms. The Morgan fingerprint density at radius 3 is 2.62 bits per heavy atom. The van der Waals surface area contributed by atoms with Gasteiger partial charge in [-0.1, -0.05) is 0 Å². The van der Waals surface area contributed by atoms with Crippen molar-refractivity contribution in [2.45, 2.75) is 6.54 Å². The summed E-state index contributed by atoms with van der Waals surface area (Å²) in [6, 6.07) is 3.92. The van der Waals surface area contributed by atoms with Crippen molar-refractivity contribution in [1.29, 1.82) is 5.26 Å². The predicted octanol–water partition coefficient (Wildman–Crippen LogP) is 2.26. The summed E-state index contributed by atoms with van der Waals surface area (Å²) in [5.74, 6) is -2.28. The van der Waals surface area contributed by atoms with Crippen LogP contribution in [0.5, 0.6) is 0 Å². The first-order chi connectivity index (χ1) is 6.20. The molecule has 0 radical (unpaired) electrons. The van der Waals surface area contributed by atoms with Gasteiger partial charge in [0.2, 0.25) is 6.54 Å². The number of hydrogen-bond donors (Lipinski definition) is 0. The molecule has 4 heteroatoms. The lowest BCUT2D eigenvalue weighted by Gasteiger charge is -1.98. The summed E-state index contributed by atoms with van der Waals surface area (Å²) >= 11 is 0. The topological polar surface area (TPSA) is 28.1 Å². The average Bonchev–Trinajstić information content (AvgIpc) is 2.14. The number of nitrogens with zero attached hydrogens (tertiary/aromatic N) is 2. The Labute approximate surface area is 73.9 Å². The van der Waals surface area contributed by atoms with Crippen molar-refractivity contribution in [2.24, 2.45) is 0 Å². The molecule has 0 aliphatic heterocycles. The van der Waals surface area contributed by atoms with Gasteiger partial charge in [-0.3, -0.25) is 0 Å². The monoisotopic (exact) mass is 178 g/mol. The van der Waals surface area contributed by atoms with Crippen molar-refractivity contribution >= 4 is 0 Å². The second-order valence-corrected chi connectivity index (χ2v) is 2.33. The maximum absolute atomic E-state index is 13.0. The normalized spacial score (nSPS) is 8.92. The van der Waals surface area contributed by atoms with Gasteiger partial charge in [0, 0.05) is 0 Å². The van der Waals surface area contributed by atoms with E-state index in [9.17, 15) is 8.78 Å². The van der Waals surface area contributed by atoms with Crippen molar-refractivity contribution in [3.63, 3.8) is 0 Å². The first-order valence-electron chi connectivity index (χ1n) is 3.41. The van der Waals surface area contributed by atoms with Crippen LogP contribution in [-0.2, 0) is 6.54 Å². The SMILES string of the molecule is [C-]#[N+]Cc1ccc(C#N)c(F)c1F. The molecule has 0 fully saturated rings. The highest BCUT2D eigenvalue weighted by atomic mass is 19.2. The second-order valence-electron chi connectivity index (χ2n) is 2.33. The van der Waals surface area contributed by atoms with Gasteiger partial charge in [0.25, 0.3) is 0 Å². The van der Waals surface area contributed by atoms with Crippen molar-refractivity contribution in [3.8, 4) is 6.07 Å². The Kier molecular flexibility index (Phi) is 2.56. The Hall–Kier alpha value is -1.94. The molecule has 1 rings (SSSR count). The number of hydrogen-bond acceptors (Lipinski definition) is 1. The average molecular weight is 178 g/mol. The van der Waals surface area contributed by atoms with Crippen LogP contribution in [0.25, 0.3) is 4.85 Å². The minimum Gasteiger partial charge on any atom is -0.312 e. The van der Waals surface area contributed by atoms with Gasteiger partial charge < -0.3 is 4.85 Å². The van der Waals surface area contributed by atoms with E-state index >= 15 is 0 Å². The predicted molar refractivity (Wildman–Crippen MR) is 41.4 cm³/mol. The van der Waals surface area contributed by atoms with Crippen molar-refractivity contribution in [2.75, 3.05) is 0 Å². The van der Waals surface area contributed by atoms with E-state index in [-0.39, 0.29) is 17.7 Å². The lowest BCUT2D eigenvalue weighted by atomic mass is 10.1. The van der Waals surface area contributed by atoms with Crippen LogP contribution in [0.4, 0.5) is 8.78 Å². The van der Waals surface area contributed by atoms with Crippen LogP contribution in [-0.4, -0.2) is 0 Å². The number of nitriles is 1. The van der Waals surface area contributed by atoms with Gasteiger partial charge in [0.1, 0.15) is 6.07 Å². The van der Waals surface area contributed by atoms with Gasteiger partial charge in [-0.2, -0.15) is 5.26 Å². The van der Waals surface area contributed by atoms with Crippen LogP contribution in [0, 0.1) is 29.5 Å². The number of rotatable bonds is 1. The molecule has 0 N–H and O–H groups in total. The van der Waals surface area contributed by atoms with Crippen LogP contribution in [0.1, 0.15) is 11.1 Å². The summed E-state index contributed by atoms with van der Waals surface area (Å²) in [5.41, 5.74) is -0.363. The summed E-state index contributed by atoms with van der Waals surface area (Å²) in [7, 11) is 0. The molecule has 0 aliphatic rings. The molecule has 0 amide bonds. The summed E-state index contributed by atoms with van der Waals surface area (Å²) in [6.45, 7) is 6.26. The molecule has 0 bridgehead atoms. The lowest BCUT2D eigenvalue weighted by molar-refractivity contribution is 0.499. The highest BCUT2D eigenvalue weighted by molar-refractivity contribution is 5.35. The van der Waals surface area contributed by atoms with Crippen molar-refractivity contribution < 1.29 is 8.78 Å². The Morgan fingerprint density at radius 2 is 2.08 bits per heavy atom. The van der Waals surface area contributed by atoms with Gasteiger partial charge >= 0.3 is 0 Å². The second kappa shape index (κ2) is 3.64. The van der Waals surface area contributed by atoms with E-state index in [2.05, 4.69) is 4.85 Å². The van der Waals surface area contributed by atoms with E-state index in [1.807, 2.05) is 0 Å². The van der Waals surface area contributed by atoms with Crippen LogP contribution >= 0.6 is 0 Å². The first kappa shape index (κ1) is 9.15. The third-order valence-electron chi connectivity index (χ3n) is 1.53. The molecule has 0 atom stereocenters. The molecule has 0 saturated carbocycles. The molecular formula is C9H4F2N2. The fourth-order valence-electron chi connectivity index (χ4n) is 0.883. The molecule has 0 heterocycles. The standard InChI is InChI=1S/C9H4F2N2/c1-13-5-7-3-2-6(4-12)8(10)9(7)11/h2-3H,5H2. The molecule has 13 heavy (non-hydrogen) atoms. The van der Waals surface area contributed by atoms with E-state index in [0.29, 0.717) is 0 Å². The first-order valence-corrected chi connectivity index (χ1v) is 3.41. The van der Waals surface area contributed by atoms with E-state index in [0.717, 1.165) is 0 Å². The zero-order valence-corrected chi connectivity index (χ0v) is 6.51. The van der Waals surface area contributed by atoms with E-state index in [1.165, 1.54) is 18.2 Å². The number of halogens is 2. The quantitative estimate of drug-likeness (QED) is 0.606. The summed E-state index contributed by atoms with van der Waals surface area (Å²) < 4.78 is 25.9. The highest BCUT2D eigenvalue weighted by Gasteiger charge is 2.13. The van der Waals surface area contributed by atoms with Gasteiger partial charge in [0.15, 0.2) is 11.6 Å². The highest BCUT2D eigenvalue weighted by Crippen LogP contribution is 2.16. The van der Waals surface area contributed by atoms with Crippen LogP contribution in [0.2, 0.25) is 0 Å². The molecule has 2 nitrogen and oxygen atoms in total. The van der Waals surface area contributed by atoms with Crippen LogP contribution in [0.3, 0.4) is 0 Å². The van der Waals surface area contributed by atoms with Gasteiger partial charge in [0.05, 0.1) is 11.1 Å². The Bertz CT molecular complexity index is 413. The molecular weight excluding hydrogens is 174 g/mol. The van der Waals surface area contributed by atoms with E-state index in [1.54, 1.807) is 0 Å². The molecule has 0 aromatic heterocycles. The summed E-state index contributed by atoms with van der Waals surface area (Å²) in [6.07, 6.45) is 0. The zero-order valence-electron chi connectivity index (χ0n) is 6.51. The largest absolute Gasteiger partial charge is 0.312 e. The smallest absolute Gasteiger partial charge is 0.242 e. The Morgan fingerprint density at radius 1 is 1.38 bits per heavy atom. The van der Waals surface area contributed by atoms with Gasteiger partial charge in [-0.15, -0.1) is 0 Å². The van der Waals surface area contributed by atoms with Crippen LogP contribution in [0.15, 0.2) is 12.1 Å². The summed E-state index contributed by atoms with van der Waals surface area (Å²) in [4.78, 5) is 2.92. The van der Waals surface area contributed by atoms with Crippen molar-refractivity contribution in [1.82, 2.24) is 0 Å². The third-order valence-corrected chi connectivity index (χ3v) is 1.53. The van der Waals surface area contributed by atoms with Crippen LogP contribution < -0.4 is 0 Å². The minimum absolute atomic E-state index is 0.0218. The van der Waals surface area contributed by atoms with Gasteiger partial charge in [-0.25, -0.2) is 15.4 Å². The summed E-state index contributed by atoms with van der Waals surface area (Å²) in [5, 5.41) is 8.35. The minimum atomic E-state index is -1.18. The molecule has 1 aromatic carbocycles. The molecule has 0 aliphatic carbocycles. The molecule has 1 aromatic rings. The lowest BCUT2D eigenvalue weighted by Crippen LogP contribution is -1.95. The third kappa shape index (κ3) is 1.62. The fraction of sp³-hybridized carbons (Fsp3) is 0.111. The zero-order chi connectivity index (χ0) is 9.84. The number of benzene rings is 1. The molecule has 64 valence electrons. The van der Waals surface area contributed by atoms with E-state index in [4.69, 9.17) is 11.8 Å². The maximum Gasteiger partial charge on any atom is 0.242 e. The fourth-order valence-corrected chi connectivity index (χ4v) is 0.883. The van der Waals surface area contributed by atoms with Crippen molar-refractivity contribution in [3.05, 3.63) is 46.3 Å². The van der Waals surface area contributed by atoms with E-state index < -0.39 is 11.6 Å². The maximum atomic E-state index is 13.0.